The Bertz CT molecular complexity index is 943. The van der Waals surface area contributed by atoms with Crippen LogP contribution < -0.4 is 5.73 Å². The van der Waals surface area contributed by atoms with Crippen molar-refractivity contribution in [3.63, 3.8) is 0 Å². The molecular formula is C24H34N2O2S. The molecule has 0 amide bonds. The number of nitrogens with zero attached hydrogens (tertiary/aromatic N) is 1. The summed E-state index contributed by atoms with van der Waals surface area (Å²) in [5.74, 6) is 1.24. The van der Waals surface area contributed by atoms with E-state index in [1.807, 2.05) is 0 Å². The van der Waals surface area contributed by atoms with E-state index in [2.05, 4.69) is 50.3 Å². The molecule has 1 aromatic carbocycles. The Morgan fingerprint density at radius 3 is 2.55 bits per heavy atom. The predicted octanol–water partition coefficient (Wildman–Crippen LogP) is 3.78. The van der Waals surface area contributed by atoms with E-state index in [1.54, 1.807) is 4.31 Å². The van der Waals surface area contributed by atoms with E-state index in [1.165, 1.54) is 11.1 Å². The van der Waals surface area contributed by atoms with Crippen molar-refractivity contribution >= 4 is 16.1 Å². The maximum Gasteiger partial charge on any atom is 0.214 e. The van der Waals surface area contributed by atoms with Gasteiger partial charge in [0.15, 0.2) is 0 Å². The van der Waals surface area contributed by atoms with Gasteiger partial charge < -0.3 is 5.73 Å². The highest BCUT2D eigenvalue weighted by atomic mass is 32.2. The summed E-state index contributed by atoms with van der Waals surface area (Å²) < 4.78 is 29.0. The molecule has 29 heavy (non-hydrogen) atoms. The van der Waals surface area contributed by atoms with Crippen LogP contribution in [0.1, 0.15) is 57.1 Å². The molecule has 3 fully saturated rings. The minimum absolute atomic E-state index is 0.0196. The smallest absolute Gasteiger partial charge is 0.214 e. The first-order valence-corrected chi connectivity index (χ1v) is 12.8. The molecule has 1 aliphatic heterocycles. The summed E-state index contributed by atoms with van der Waals surface area (Å²) >= 11 is 0. The first-order valence-electron chi connectivity index (χ1n) is 11.2. The second-order valence-electron chi connectivity index (χ2n) is 10.5. The molecule has 2 N–H and O–H groups in total. The number of allylic oxidation sites excluding steroid dienone is 1. The van der Waals surface area contributed by atoms with Crippen LogP contribution in [0.2, 0.25) is 0 Å². The molecule has 1 saturated heterocycles. The maximum absolute atomic E-state index is 13.6. The Balaban J connectivity index is 1.36. The quantitative estimate of drug-likeness (QED) is 0.815. The lowest BCUT2D eigenvalue weighted by Gasteiger charge is -2.44. The fraction of sp³-hybridized carbons (Fsp3) is 0.667. The molecular weight excluding hydrogens is 380 g/mol. The average Bonchev–Trinajstić information content (AvgIpc) is 3.24. The maximum atomic E-state index is 13.6. The zero-order valence-electron chi connectivity index (χ0n) is 17.7. The fourth-order valence-corrected chi connectivity index (χ4v) is 9.71. The Hall–Kier alpha value is -1.17. The molecule has 1 heterocycles. The van der Waals surface area contributed by atoms with Crippen molar-refractivity contribution < 1.29 is 8.42 Å². The lowest BCUT2D eigenvalue weighted by Crippen LogP contribution is -2.50. The summed E-state index contributed by atoms with van der Waals surface area (Å²) in [5.41, 5.74) is 8.72. The second kappa shape index (κ2) is 6.41. The third kappa shape index (κ3) is 2.66. The van der Waals surface area contributed by atoms with Gasteiger partial charge in [-0.1, -0.05) is 50.3 Å². The van der Waals surface area contributed by atoms with Crippen LogP contribution in [0.25, 0.3) is 6.08 Å². The standard InChI is InChI=1S/C24H34N2O2S/c1-22(2)19-8-10-24(22,20(15-19)16-25)17-29(27,28)26-13-11-23(12-14-26)9-7-18-5-3-4-6-21(18)23/h3-7,9,19-20H,8,10-17,25H2,1-2H3/t19?,20?,24-/m0/s1. The van der Waals surface area contributed by atoms with E-state index in [-0.39, 0.29) is 22.0 Å². The van der Waals surface area contributed by atoms with Crippen LogP contribution in [0, 0.1) is 22.7 Å². The molecule has 5 rings (SSSR count). The Morgan fingerprint density at radius 2 is 1.86 bits per heavy atom. The Labute approximate surface area is 175 Å². The van der Waals surface area contributed by atoms with E-state index < -0.39 is 10.0 Å². The second-order valence-corrected chi connectivity index (χ2v) is 12.5. The molecule has 4 nitrogen and oxygen atoms in total. The third-order valence-corrected chi connectivity index (χ3v) is 11.4. The fourth-order valence-electron chi connectivity index (χ4n) is 7.38. The molecule has 1 spiro atoms. The van der Waals surface area contributed by atoms with Gasteiger partial charge in [0.1, 0.15) is 0 Å². The van der Waals surface area contributed by atoms with Crippen molar-refractivity contribution in [1.82, 2.24) is 4.31 Å². The number of hydrogen-bond acceptors (Lipinski definition) is 3. The van der Waals surface area contributed by atoms with Crippen molar-refractivity contribution in [2.45, 2.75) is 51.4 Å². The van der Waals surface area contributed by atoms with Crippen molar-refractivity contribution in [3.05, 3.63) is 41.5 Å². The topological polar surface area (TPSA) is 63.4 Å². The summed E-state index contributed by atoms with van der Waals surface area (Å²) in [6, 6.07) is 8.55. The van der Waals surface area contributed by atoms with Gasteiger partial charge in [-0.2, -0.15) is 0 Å². The lowest BCUT2D eigenvalue weighted by atomic mass is 9.66. The number of nitrogens with two attached hydrogens (primary N) is 1. The number of fused-ring (bicyclic) bond motifs is 4. The molecule has 3 atom stereocenters. The van der Waals surface area contributed by atoms with Crippen molar-refractivity contribution in [3.8, 4) is 0 Å². The van der Waals surface area contributed by atoms with Crippen molar-refractivity contribution in [2.24, 2.45) is 28.4 Å². The van der Waals surface area contributed by atoms with Gasteiger partial charge in [-0.3, -0.25) is 0 Å². The van der Waals surface area contributed by atoms with E-state index in [9.17, 15) is 8.42 Å². The van der Waals surface area contributed by atoms with Crippen LogP contribution in [0.4, 0.5) is 0 Å². The van der Waals surface area contributed by atoms with E-state index in [0.29, 0.717) is 31.5 Å². The molecule has 0 radical (unpaired) electrons. The number of piperidine rings is 1. The molecule has 2 saturated carbocycles. The van der Waals surface area contributed by atoms with Gasteiger partial charge in [0.2, 0.25) is 10.0 Å². The highest BCUT2D eigenvalue weighted by Gasteiger charge is 2.64. The molecule has 2 bridgehead atoms. The van der Waals surface area contributed by atoms with Gasteiger partial charge >= 0.3 is 0 Å². The van der Waals surface area contributed by atoms with Gasteiger partial charge in [0.25, 0.3) is 0 Å². The molecule has 0 aromatic heterocycles. The summed E-state index contributed by atoms with van der Waals surface area (Å²) in [6.45, 7) is 6.44. The van der Waals surface area contributed by atoms with Gasteiger partial charge in [-0.25, -0.2) is 12.7 Å². The summed E-state index contributed by atoms with van der Waals surface area (Å²) in [5, 5.41) is 0. The minimum Gasteiger partial charge on any atom is -0.330 e. The number of sulfonamides is 1. The molecule has 158 valence electrons. The largest absolute Gasteiger partial charge is 0.330 e. The van der Waals surface area contributed by atoms with Gasteiger partial charge in [-0.05, 0) is 72.4 Å². The first kappa shape index (κ1) is 19.8. The monoisotopic (exact) mass is 414 g/mol. The average molecular weight is 415 g/mol. The van der Waals surface area contributed by atoms with Crippen LogP contribution in [0.15, 0.2) is 30.3 Å². The first-order chi connectivity index (χ1) is 13.7. The normalized spacial score (nSPS) is 34.7. The Morgan fingerprint density at radius 1 is 1.14 bits per heavy atom. The summed E-state index contributed by atoms with van der Waals surface area (Å²) in [7, 11) is -3.29. The van der Waals surface area contributed by atoms with Crippen molar-refractivity contribution in [1.29, 1.82) is 0 Å². The van der Waals surface area contributed by atoms with Gasteiger partial charge in [0, 0.05) is 18.5 Å². The summed E-state index contributed by atoms with van der Waals surface area (Å²) in [4.78, 5) is 0. The lowest BCUT2D eigenvalue weighted by molar-refractivity contribution is 0.108. The SMILES string of the molecule is CC1(C)C2CC[C@]1(CS(=O)(=O)N1CCC3(C=Cc4ccccc43)CC1)C(CN)C2. The van der Waals surface area contributed by atoms with E-state index in [4.69, 9.17) is 5.73 Å². The number of benzene rings is 1. The van der Waals surface area contributed by atoms with Gasteiger partial charge in [0.05, 0.1) is 5.75 Å². The zero-order chi connectivity index (χ0) is 20.5. The number of rotatable bonds is 4. The van der Waals surface area contributed by atoms with Crippen LogP contribution >= 0.6 is 0 Å². The van der Waals surface area contributed by atoms with Crippen LogP contribution in [0.5, 0.6) is 0 Å². The number of hydrogen-bond donors (Lipinski definition) is 1. The van der Waals surface area contributed by atoms with Gasteiger partial charge in [-0.15, -0.1) is 0 Å². The van der Waals surface area contributed by atoms with Crippen LogP contribution in [0.3, 0.4) is 0 Å². The predicted molar refractivity (Wildman–Crippen MR) is 118 cm³/mol. The van der Waals surface area contributed by atoms with E-state index >= 15 is 0 Å². The highest BCUT2D eigenvalue weighted by molar-refractivity contribution is 7.89. The molecule has 1 aromatic rings. The molecule has 2 unspecified atom stereocenters. The van der Waals surface area contributed by atoms with E-state index in [0.717, 1.165) is 32.1 Å². The van der Waals surface area contributed by atoms with Crippen LogP contribution in [-0.4, -0.2) is 38.1 Å². The third-order valence-electron chi connectivity index (χ3n) is 9.40. The molecule has 4 aliphatic rings. The molecule has 3 aliphatic carbocycles. The Kier molecular flexibility index (Phi) is 4.37. The zero-order valence-corrected chi connectivity index (χ0v) is 18.5. The van der Waals surface area contributed by atoms with Crippen molar-refractivity contribution in [2.75, 3.05) is 25.4 Å². The summed E-state index contributed by atoms with van der Waals surface area (Å²) in [6.07, 6.45) is 9.54. The van der Waals surface area contributed by atoms with Crippen LogP contribution in [-0.2, 0) is 15.4 Å². The highest BCUT2D eigenvalue weighted by Crippen LogP contribution is 2.68. The minimum atomic E-state index is -3.29. The molecule has 5 heteroatoms.